The van der Waals surface area contributed by atoms with Crippen molar-refractivity contribution in [2.24, 2.45) is 5.16 Å². The summed E-state index contributed by atoms with van der Waals surface area (Å²) in [5, 5.41) is 5.20. The Labute approximate surface area is 138 Å². The van der Waals surface area contributed by atoms with Crippen molar-refractivity contribution in [3.05, 3.63) is 58.5 Å². The summed E-state index contributed by atoms with van der Waals surface area (Å²) in [7, 11) is 0. The third kappa shape index (κ3) is 2.80. The molecule has 23 heavy (non-hydrogen) atoms. The first kappa shape index (κ1) is 14.2. The highest BCUT2D eigenvalue weighted by Gasteiger charge is 2.27. The SMILES string of the molecule is O=C1ON=C(c2ccccc2)/C1=C\c1ccc(N2CCCC2)s1. The van der Waals surface area contributed by atoms with Gasteiger partial charge in [0.25, 0.3) is 0 Å². The van der Waals surface area contributed by atoms with Crippen molar-refractivity contribution in [1.82, 2.24) is 0 Å². The molecule has 5 heteroatoms. The predicted octanol–water partition coefficient (Wildman–Crippen LogP) is 3.69. The van der Waals surface area contributed by atoms with Crippen molar-refractivity contribution < 1.29 is 9.63 Å². The topological polar surface area (TPSA) is 41.9 Å². The summed E-state index contributed by atoms with van der Waals surface area (Å²) in [5.74, 6) is -0.389. The molecule has 1 aromatic heterocycles. The number of rotatable bonds is 3. The normalized spacial score (nSPS) is 19.3. The highest BCUT2D eigenvalue weighted by molar-refractivity contribution is 7.17. The van der Waals surface area contributed by atoms with E-state index in [0.717, 1.165) is 23.5 Å². The highest BCUT2D eigenvalue weighted by atomic mass is 32.1. The van der Waals surface area contributed by atoms with Crippen LogP contribution in [0.2, 0.25) is 0 Å². The summed E-state index contributed by atoms with van der Waals surface area (Å²) < 4.78 is 0. The fourth-order valence-corrected chi connectivity index (χ4v) is 3.89. The van der Waals surface area contributed by atoms with Gasteiger partial charge in [0.15, 0.2) is 0 Å². The number of nitrogens with zero attached hydrogens (tertiary/aromatic N) is 2. The molecule has 0 radical (unpaired) electrons. The van der Waals surface area contributed by atoms with Crippen molar-refractivity contribution in [3.63, 3.8) is 0 Å². The molecule has 0 amide bonds. The first-order valence-electron chi connectivity index (χ1n) is 7.73. The predicted molar refractivity (Wildman–Crippen MR) is 92.8 cm³/mol. The molecule has 116 valence electrons. The van der Waals surface area contributed by atoms with Crippen LogP contribution >= 0.6 is 11.3 Å². The van der Waals surface area contributed by atoms with Crippen LogP contribution in [0.3, 0.4) is 0 Å². The zero-order chi connectivity index (χ0) is 15.6. The molecule has 0 atom stereocenters. The van der Waals surface area contributed by atoms with E-state index < -0.39 is 0 Å². The molecule has 2 aromatic rings. The van der Waals surface area contributed by atoms with Crippen LogP contribution in [0, 0.1) is 0 Å². The molecule has 0 unspecified atom stereocenters. The van der Waals surface area contributed by atoms with Gasteiger partial charge in [-0.15, -0.1) is 11.3 Å². The Morgan fingerprint density at radius 2 is 1.87 bits per heavy atom. The Hall–Kier alpha value is -2.40. The second-order valence-corrected chi connectivity index (χ2v) is 6.71. The first-order valence-corrected chi connectivity index (χ1v) is 8.54. The van der Waals surface area contributed by atoms with Gasteiger partial charge >= 0.3 is 5.97 Å². The minimum Gasteiger partial charge on any atom is -0.363 e. The maximum Gasteiger partial charge on any atom is 0.368 e. The fraction of sp³-hybridized carbons (Fsp3) is 0.222. The minimum atomic E-state index is -0.389. The number of anilines is 1. The van der Waals surface area contributed by atoms with Crippen LogP contribution in [0.4, 0.5) is 5.00 Å². The lowest BCUT2D eigenvalue weighted by atomic mass is 10.0. The van der Waals surface area contributed by atoms with E-state index in [1.165, 1.54) is 17.8 Å². The third-order valence-corrected chi connectivity index (χ3v) is 5.15. The Morgan fingerprint density at radius 3 is 2.65 bits per heavy atom. The van der Waals surface area contributed by atoms with Crippen LogP contribution < -0.4 is 4.90 Å². The van der Waals surface area contributed by atoms with Crippen molar-refractivity contribution in [2.75, 3.05) is 18.0 Å². The zero-order valence-electron chi connectivity index (χ0n) is 12.6. The fourth-order valence-electron chi connectivity index (χ4n) is 2.88. The van der Waals surface area contributed by atoms with Gasteiger partial charge in [-0.2, -0.15) is 0 Å². The van der Waals surface area contributed by atoms with Gasteiger partial charge in [-0.25, -0.2) is 4.79 Å². The molecule has 1 aromatic carbocycles. The molecule has 0 spiro atoms. The molecular formula is C18H16N2O2S. The molecule has 0 aliphatic carbocycles. The van der Waals surface area contributed by atoms with Gasteiger partial charge in [0.1, 0.15) is 5.71 Å². The number of oxime groups is 1. The maximum absolute atomic E-state index is 12.0. The van der Waals surface area contributed by atoms with Gasteiger partial charge in [-0.05, 0) is 31.1 Å². The summed E-state index contributed by atoms with van der Waals surface area (Å²) in [5.41, 5.74) is 2.01. The summed E-state index contributed by atoms with van der Waals surface area (Å²) >= 11 is 1.70. The van der Waals surface area contributed by atoms with E-state index in [-0.39, 0.29) is 5.97 Å². The van der Waals surface area contributed by atoms with E-state index in [0.29, 0.717) is 11.3 Å². The standard InChI is InChI=1S/C18H16N2O2S/c21-18-15(17(19-22-18)13-6-2-1-3-7-13)12-14-8-9-16(23-14)20-10-4-5-11-20/h1-3,6-9,12H,4-5,10-11H2/b15-12+. The van der Waals surface area contributed by atoms with Gasteiger partial charge in [0.2, 0.25) is 0 Å². The largest absolute Gasteiger partial charge is 0.368 e. The number of benzene rings is 1. The minimum absolute atomic E-state index is 0.389. The van der Waals surface area contributed by atoms with Gasteiger partial charge in [-0.1, -0.05) is 35.5 Å². The van der Waals surface area contributed by atoms with Crippen molar-refractivity contribution in [3.8, 4) is 0 Å². The summed E-state index contributed by atoms with van der Waals surface area (Å²) in [4.78, 5) is 20.3. The smallest absolute Gasteiger partial charge is 0.363 e. The van der Waals surface area contributed by atoms with Crippen LogP contribution in [-0.4, -0.2) is 24.8 Å². The summed E-state index contributed by atoms with van der Waals surface area (Å²) in [6, 6.07) is 13.8. The molecule has 4 nitrogen and oxygen atoms in total. The first-order chi connectivity index (χ1) is 11.3. The van der Waals surface area contributed by atoms with E-state index in [1.807, 2.05) is 36.4 Å². The Balaban J connectivity index is 1.64. The molecule has 2 aliphatic rings. The van der Waals surface area contributed by atoms with E-state index in [4.69, 9.17) is 4.84 Å². The molecule has 0 saturated carbocycles. The second-order valence-electron chi connectivity index (χ2n) is 5.61. The van der Waals surface area contributed by atoms with Gasteiger partial charge in [0, 0.05) is 23.5 Å². The molecular weight excluding hydrogens is 308 g/mol. The number of carbonyl (C=O) groups is 1. The van der Waals surface area contributed by atoms with Crippen LogP contribution in [-0.2, 0) is 9.63 Å². The average molecular weight is 324 g/mol. The molecule has 3 heterocycles. The molecule has 2 aliphatic heterocycles. The maximum atomic E-state index is 12.0. The lowest BCUT2D eigenvalue weighted by Gasteiger charge is -2.13. The zero-order valence-corrected chi connectivity index (χ0v) is 13.4. The second kappa shape index (κ2) is 6.01. The Morgan fingerprint density at radius 1 is 1.09 bits per heavy atom. The molecule has 0 N–H and O–H groups in total. The molecule has 0 bridgehead atoms. The van der Waals surface area contributed by atoms with Gasteiger partial charge in [-0.3, -0.25) is 0 Å². The Bertz CT molecular complexity index is 786. The average Bonchev–Trinajstić information content (AvgIpc) is 3.31. The monoisotopic (exact) mass is 324 g/mol. The van der Waals surface area contributed by atoms with E-state index >= 15 is 0 Å². The number of hydrogen-bond donors (Lipinski definition) is 0. The number of thiophene rings is 1. The highest BCUT2D eigenvalue weighted by Crippen LogP contribution is 2.31. The van der Waals surface area contributed by atoms with E-state index in [1.54, 1.807) is 11.3 Å². The van der Waals surface area contributed by atoms with Crippen LogP contribution in [0.25, 0.3) is 6.08 Å². The lowest BCUT2D eigenvalue weighted by Crippen LogP contribution is -2.15. The van der Waals surface area contributed by atoms with Crippen LogP contribution in [0.5, 0.6) is 0 Å². The van der Waals surface area contributed by atoms with Crippen molar-refractivity contribution in [1.29, 1.82) is 0 Å². The summed E-state index contributed by atoms with van der Waals surface area (Å²) in [6.45, 7) is 2.24. The van der Waals surface area contributed by atoms with Crippen molar-refractivity contribution in [2.45, 2.75) is 12.8 Å². The van der Waals surface area contributed by atoms with E-state index in [9.17, 15) is 4.79 Å². The molecule has 1 fully saturated rings. The van der Waals surface area contributed by atoms with Crippen LogP contribution in [0.15, 0.2) is 53.2 Å². The molecule has 1 saturated heterocycles. The Kier molecular flexibility index (Phi) is 3.71. The number of hydrogen-bond acceptors (Lipinski definition) is 5. The lowest BCUT2D eigenvalue weighted by molar-refractivity contribution is -0.136. The summed E-state index contributed by atoms with van der Waals surface area (Å²) in [6.07, 6.45) is 4.39. The van der Waals surface area contributed by atoms with Gasteiger partial charge in [0.05, 0.1) is 10.6 Å². The van der Waals surface area contributed by atoms with E-state index in [2.05, 4.69) is 22.2 Å². The quantitative estimate of drug-likeness (QED) is 0.639. The number of carbonyl (C=O) groups excluding carboxylic acids is 1. The molecule has 4 rings (SSSR count). The van der Waals surface area contributed by atoms with Crippen LogP contribution in [0.1, 0.15) is 23.3 Å². The van der Waals surface area contributed by atoms with Gasteiger partial charge < -0.3 is 9.74 Å². The van der Waals surface area contributed by atoms with Crippen molar-refractivity contribution >= 4 is 34.1 Å². The third-order valence-electron chi connectivity index (χ3n) is 4.06.